The Balaban J connectivity index is 1.51. The van der Waals surface area contributed by atoms with Gasteiger partial charge in [0, 0.05) is 19.0 Å². The molecule has 0 bridgehead atoms. The summed E-state index contributed by atoms with van der Waals surface area (Å²) in [5, 5.41) is 13.9. The Kier molecular flexibility index (Phi) is 4.91. The van der Waals surface area contributed by atoms with Crippen molar-refractivity contribution in [1.29, 1.82) is 5.26 Å². The van der Waals surface area contributed by atoms with Gasteiger partial charge in [-0.2, -0.15) is 5.26 Å². The topological polar surface area (TPSA) is 94.5 Å². The highest BCUT2D eigenvalue weighted by Crippen LogP contribution is 2.29. The van der Waals surface area contributed by atoms with Gasteiger partial charge in [-0.15, -0.1) is 0 Å². The number of nitrogens with one attached hydrogen (secondary N) is 2. The molecule has 2 N–H and O–H groups in total. The lowest BCUT2D eigenvalue weighted by Gasteiger charge is -2.39. The third-order valence-corrected chi connectivity index (χ3v) is 5.05. The lowest BCUT2D eigenvalue weighted by atomic mass is 9.80. The third kappa shape index (κ3) is 3.74. The van der Waals surface area contributed by atoms with Gasteiger partial charge in [0.15, 0.2) is 0 Å². The van der Waals surface area contributed by atoms with Gasteiger partial charge >= 0.3 is 6.03 Å². The van der Waals surface area contributed by atoms with Gasteiger partial charge in [-0.3, -0.25) is 15.0 Å². The van der Waals surface area contributed by atoms with Crippen molar-refractivity contribution < 1.29 is 14.3 Å². The van der Waals surface area contributed by atoms with Gasteiger partial charge in [0.25, 0.3) is 5.91 Å². The van der Waals surface area contributed by atoms with E-state index in [-0.39, 0.29) is 11.8 Å². The van der Waals surface area contributed by atoms with Crippen molar-refractivity contribution in [2.24, 2.45) is 5.92 Å². The number of nitrogens with zero attached hydrogens (tertiary/aromatic N) is 2. The maximum Gasteiger partial charge on any atom is 0.322 e. The van der Waals surface area contributed by atoms with Crippen LogP contribution in [0.4, 0.5) is 4.79 Å². The van der Waals surface area contributed by atoms with Crippen LogP contribution in [0.5, 0.6) is 5.75 Å². The minimum Gasteiger partial charge on any atom is -0.492 e. The molecule has 7 heteroatoms. The molecule has 0 spiro atoms. The summed E-state index contributed by atoms with van der Waals surface area (Å²) >= 11 is 0. The smallest absolute Gasteiger partial charge is 0.322 e. The molecule has 3 amide bonds. The highest BCUT2D eigenvalue weighted by atomic mass is 16.5. The van der Waals surface area contributed by atoms with Crippen molar-refractivity contribution in [3.05, 3.63) is 29.8 Å². The largest absolute Gasteiger partial charge is 0.492 e. The number of carbonyl (C=O) groups excluding carboxylic acids is 2. The molecule has 3 rings (SSSR count). The fourth-order valence-corrected chi connectivity index (χ4v) is 3.49. The van der Waals surface area contributed by atoms with E-state index in [0.717, 1.165) is 38.2 Å². The summed E-state index contributed by atoms with van der Waals surface area (Å²) in [5.41, 5.74) is -0.222. The molecule has 25 heavy (non-hydrogen) atoms. The number of likely N-dealkylation sites (tertiary alicyclic amines) is 1. The van der Waals surface area contributed by atoms with Gasteiger partial charge in [0.2, 0.25) is 0 Å². The zero-order chi connectivity index (χ0) is 17.9. The quantitative estimate of drug-likeness (QED) is 0.785. The van der Waals surface area contributed by atoms with Crippen LogP contribution >= 0.6 is 0 Å². The molecule has 0 aliphatic carbocycles. The van der Waals surface area contributed by atoms with Crippen molar-refractivity contribution in [1.82, 2.24) is 15.5 Å². The van der Waals surface area contributed by atoms with Gasteiger partial charge in [0.1, 0.15) is 17.9 Å². The van der Waals surface area contributed by atoms with Crippen LogP contribution in [0.3, 0.4) is 0 Å². The monoisotopic (exact) mass is 342 g/mol. The molecule has 2 heterocycles. The molecule has 0 aromatic heterocycles. The van der Waals surface area contributed by atoms with Gasteiger partial charge < -0.3 is 10.1 Å². The first-order valence-electron chi connectivity index (χ1n) is 8.50. The summed E-state index contributed by atoms with van der Waals surface area (Å²) < 4.78 is 5.73. The van der Waals surface area contributed by atoms with E-state index < -0.39 is 11.6 Å². The first-order chi connectivity index (χ1) is 12.0. The van der Waals surface area contributed by atoms with Crippen molar-refractivity contribution in [2.45, 2.75) is 25.3 Å². The Morgan fingerprint density at radius 3 is 2.76 bits per heavy atom. The molecule has 2 saturated heterocycles. The summed E-state index contributed by atoms with van der Waals surface area (Å²) in [5.74, 6) is 0.586. The fourth-order valence-electron chi connectivity index (χ4n) is 3.49. The molecule has 2 unspecified atom stereocenters. The molecule has 1 aromatic rings. The Labute approximate surface area is 146 Å². The van der Waals surface area contributed by atoms with E-state index >= 15 is 0 Å². The number of carbonyl (C=O) groups is 2. The number of nitriles is 1. The molecule has 7 nitrogen and oxygen atoms in total. The van der Waals surface area contributed by atoms with Gasteiger partial charge in [-0.05, 0) is 50.6 Å². The Morgan fingerprint density at radius 1 is 1.36 bits per heavy atom. The maximum atomic E-state index is 12.1. The van der Waals surface area contributed by atoms with E-state index in [4.69, 9.17) is 10.00 Å². The lowest BCUT2D eigenvalue weighted by molar-refractivity contribution is -0.126. The average molecular weight is 342 g/mol. The Hall–Kier alpha value is -2.59. The van der Waals surface area contributed by atoms with Crippen LogP contribution in [0, 0.1) is 17.2 Å². The summed E-state index contributed by atoms with van der Waals surface area (Å²) in [6.45, 7) is 4.80. The normalized spacial score (nSPS) is 26.6. The SMILES string of the molecule is CC1(C2CCCN(CCOc3ccc(C#N)cc3)C2)NC(=O)NC1=O. The number of hydrogen-bond donors (Lipinski definition) is 2. The molecular formula is C18H22N4O3. The number of piperidine rings is 1. The minimum atomic E-state index is -0.830. The molecule has 1 aromatic carbocycles. The number of imide groups is 1. The number of urea groups is 1. The minimum absolute atomic E-state index is 0.0858. The second-order valence-electron chi connectivity index (χ2n) is 6.74. The van der Waals surface area contributed by atoms with E-state index in [1.54, 1.807) is 31.2 Å². The summed E-state index contributed by atoms with van der Waals surface area (Å²) in [6, 6.07) is 8.71. The third-order valence-electron chi connectivity index (χ3n) is 5.05. The number of rotatable bonds is 5. The summed E-state index contributed by atoms with van der Waals surface area (Å²) in [6.07, 6.45) is 1.90. The van der Waals surface area contributed by atoms with Crippen LogP contribution in [0.2, 0.25) is 0 Å². The molecular weight excluding hydrogens is 320 g/mol. The molecule has 2 fully saturated rings. The predicted molar refractivity (Wildman–Crippen MR) is 90.9 cm³/mol. The van der Waals surface area contributed by atoms with Crippen LogP contribution < -0.4 is 15.4 Å². The Morgan fingerprint density at radius 2 is 2.12 bits per heavy atom. The van der Waals surface area contributed by atoms with Gasteiger partial charge in [-0.25, -0.2) is 4.79 Å². The van der Waals surface area contributed by atoms with E-state index in [9.17, 15) is 9.59 Å². The van der Waals surface area contributed by atoms with Gasteiger partial charge in [-0.1, -0.05) is 0 Å². The van der Waals surface area contributed by atoms with Crippen molar-refractivity contribution >= 4 is 11.9 Å². The first kappa shape index (κ1) is 17.2. The van der Waals surface area contributed by atoms with E-state index in [1.807, 2.05) is 0 Å². The van der Waals surface area contributed by atoms with E-state index in [2.05, 4.69) is 21.6 Å². The van der Waals surface area contributed by atoms with Crippen LogP contribution in [0.15, 0.2) is 24.3 Å². The molecule has 2 atom stereocenters. The molecule has 0 saturated carbocycles. The first-order valence-corrected chi connectivity index (χ1v) is 8.50. The van der Waals surface area contributed by atoms with Gasteiger partial charge in [0.05, 0.1) is 11.6 Å². The zero-order valence-corrected chi connectivity index (χ0v) is 14.2. The fraction of sp³-hybridized carbons (Fsp3) is 0.500. The summed E-state index contributed by atoms with van der Waals surface area (Å²) in [7, 11) is 0. The standard InChI is InChI=1S/C18H22N4O3/c1-18(16(23)20-17(24)21-18)14-3-2-8-22(12-14)9-10-25-15-6-4-13(11-19)5-7-15/h4-7,14H,2-3,8-10,12H2,1H3,(H2,20,21,23,24). The lowest BCUT2D eigenvalue weighted by Crippen LogP contribution is -2.56. The maximum absolute atomic E-state index is 12.1. The second kappa shape index (κ2) is 7.11. The van der Waals surface area contributed by atoms with Crippen molar-refractivity contribution in [2.75, 3.05) is 26.2 Å². The number of ether oxygens (including phenoxy) is 1. The van der Waals surface area contributed by atoms with E-state index in [0.29, 0.717) is 12.2 Å². The summed E-state index contributed by atoms with van der Waals surface area (Å²) in [4.78, 5) is 25.8. The average Bonchev–Trinajstić information content (AvgIpc) is 2.89. The molecule has 132 valence electrons. The van der Waals surface area contributed by atoms with E-state index in [1.165, 1.54) is 0 Å². The number of benzene rings is 1. The highest BCUT2D eigenvalue weighted by molar-refractivity contribution is 6.06. The number of amides is 3. The molecule has 2 aliphatic rings. The van der Waals surface area contributed by atoms with Crippen LogP contribution in [0.1, 0.15) is 25.3 Å². The van der Waals surface area contributed by atoms with Crippen LogP contribution in [0.25, 0.3) is 0 Å². The van der Waals surface area contributed by atoms with Crippen LogP contribution in [-0.4, -0.2) is 48.6 Å². The second-order valence-corrected chi connectivity index (χ2v) is 6.74. The Bertz CT molecular complexity index is 697. The highest BCUT2D eigenvalue weighted by Gasteiger charge is 2.48. The molecule has 2 aliphatic heterocycles. The number of hydrogen-bond acceptors (Lipinski definition) is 5. The zero-order valence-electron chi connectivity index (χ0n) is 14.2. The van der Waals surface area contributed by atoms with Crippen molar-refractivity contribution in [3.63, 3.8) is 0 Å². The van der Waals surface area contributed by atoms with Crippen molar-refractivity contribution in [3.8, 4) is 11.8 Å². The molecule has 0 radical (unpaired) electrons. The van der Waals surface area contributed by atoms with Crippen LogP contribution in [-0.2, 0) is 4.79 Å². The predicted octanol–water partition coefficient (Wildman–Crippen LogP) is 1.25.